The summed E-state index contributed by atoms with van der Waals surface area (Å²) >= 11 is 0. The lowest BCUT2D eigenvalue weighted by Crippen LogP contribution is -2.45. The summed E-state index contributed by atoms with van der Waals surface area (Å²) in [5.41, 5.74) is 2.61. The van der Waals surface area contributed by atoms with Crippen LogP contribution in [0.3, 0.4) is 0 Å². The third kappa shape index (κ3) is 3.83. The third-order valence-corrected chi connectivity index (χ3v) is 5.04. The minimum atomic E-state index is 0.121. The van der Waals surface area contributed by atoms with Gasteiger partial charge in [0.25, 0.3) is 0 Å². The van der Waals surface area contributed by atoms with E-state index in [9.17, 15) is 0 Å². The maximum absolute atomic E-state index is 5.77. The monoisotopic (exact) mass is 380 g/mol. The van der Waals surface area contributed by atoms with Crippen LogP contribution in [0.15, 0.2) is 34.7 Å². The summed E-state index contributed by atoms with van der Waals surface area (Å²) in [5.74, 6) is 2.56. The van der Waals surface area contributed by atoms with E-state index < -0.39 is 0 Å². The van der Waals surface area contributed by atoms with Gasteiger partial charge < -0.3 is 19.4 Å². The first-order valence-corrected chi connectivity index (χ1v) is 9.77. The Hall–Kier alpha value is -2.60. The Bertz CT molecular complexity index is 973. The van der Waals surface area contributed by atoms with Gasteiger partial charge in [0.05, 0.1) is 12.8 Å². The van der Waals surface area contributed by atoms with Gasteiger partial charge in [-0.15, -0.1) is 10.2 Å². The minimum absolute atomic E-state index is 0.121. The molecule has 3 heterocycles. The number of anilines is 1. The Morgan fingerprint density at radius 3 is 2.68 bits per heavy atom. The van der Waals surface area contributed by atoms with Gasteiger partial charge in [0.15, 0.2) is 5.82 Å². The Labute approximate surface area is 165 Å². The molecule has 148 valence electrons. The zero-order valence-corrected chi connectivity index (χ0v) is 17.2. The third-order valence-electron chi connectivity index (χ3n) is 5.04. The fraction of sp³-hybridized carbons (Fsp3) is 0.455. The molecule has 1 saturated heterocycles. The van der Waals surface area contributed by atoms with Crippen molar-refractivity contribution in [3.63, 3.8) is 0 Å². The molecular weight excluding hydrogens is 352 g/mol. The summed E-state index contributed by atoms with van der Waals surface area (Å²) in [7, 11) is 1.67. The number of nitrogens with one attached hydrogen (secondary N) is 1. The van der Waals surface area contributed by atoms with Crippen LogP contribution in [0.1, 0.15) is 33.0 Å². The lowest BCUT2D eigenvalue weighted by molar-refractivity contribution is 0.373. The molecule has 1 fully saturated rings. The predicted molar refractivity (Wildman–Crippen MR) is 112 cm³/mol. The van der Waals surface area contributed by atoms with Crippen LogP contribution in [-0.4, -0.2) is 42.0 Å². The van der Waals surface area contributed by atoms with Gasteiger partial charge in [-0.25, -0.2) is 0 Å². The van der Waals surface area contributed by atoms with Gasteiger partial charge in [-0.2, -0.15) is 0 Å². The fourth-order valence-electron chi connectivity index (χ4n) is 3.90. The van der Waals surface area contributed by atoms with E-state index in [1.54, 1.807) is 7.11 Å². The largest absolute Gasteiger partial charge is 0.496 e. The van der Waals surface area contributed by atoms with Gasteiger partial charge in [-0.3, -0.25) is 0 Å². The molecule has 1 aliphatic heterocycles. The van der Waals surface area contributed by atoms with Crippen LogP contribution in [0.25, 0.3) is 22.2 Å². The fourth-order valence-corrected chi connectivity index (χ4v) is 3.90. The molecule has 0 radical (unpaired) electrons. The zero-order chi connectivity index (χ0) is 19.9. The van der Waals surface area contributed by atoms with Crippen molar-refractivity contribution in [2.75, 3.05) is 25.1 Å². The summed E-state index contributed by atoms with van der Waals surface area (Å²) in [6.07, 6.45) is 1.11. The molecule has 28 heavy (non-hydrogen) atoms. The summed E-state index contributed by atoms with van der Waals surface area (Å²) in [6, 6.07) is 10.5. The molecule has 4 rings (SSSR count). The average Bonchev–Trinajstić information content (AvgIpc) is 3.24. The van der Waals surface area contributed by atoms with E-state index in [-0.39, 0.29) is 5.54 Å². The number of ether oxygens (including phenoxy) is 1. The molecular formula is C22H28N4O2. The lowest BCUT2D eigenvalue weighted by Gasteiger charge is -2.26. The second-order valence-electron chi connectivity index (χ2n) is 8.55. The highest BCUT2D eigenvalue weighted by Gasteiger charge is 2.26. The summed E-state index contributed by atoms with van der Waals surface area (Å²) in [4.78, 5) is 2.29. The topological polar surface area (TPSA) is 63.4 Å². The number of benzene rings is 1. The first-order chi connectivity index (χ1) is 13.3. The number of hydrogen-bond donors (Lipinski definition) is 1. The van der Waals surface area contributed by atoms with Crippen LogP contribution in [-0.2, 0) is 0 Å². The number of hydrogen-bond acceptors (Lipinski definition) is 6. The van der Waals surface area contributed by atoms with Gasteiger partial charge in [-0.1, -0.05) is 0 Å². The van der Waals surface area contributed by atoms with Crippen molar-refractivity contribution >= 4 is 16.8 Å². The van der Waals surface area contributed by atoms with Crippen molar-refractivity contribution in [1.82, 2.24) is 15.5 Å². The Morgan fingerprint density at radius 1 is 1.18 bits per heavy atom. The summed E-state index contributed by atoms with van der Waals surface area (Å²) < 4.78 is 11.3. The van der Waals surface area contributed by atoms with Crippen LogP contribution < -0.4 is 15.0 Å². The van der Waals surface area contributed by atoms with Crippen molar-refractivity contribution in [3.05, 3.63) is 36.1 Å². The molecule has 0 bridgehead atoms. The SMILES string of the molecule is COc1cc2cc(C)oc2cc1-c1ccc(N2CCC(NC(C)(C)C)C2)nn1. The Kier molecular flexibility index (Phi) is 4.75. The maximum atomic E-state index is 5.77. The van der Waals surface area contributed by atoms with Crippen LogP contribution >= 0.6 is 0 Å². The predicted octanol–water partition coefficient (Wildman–Crippen LogP) is 4.17. The van der Waals surface area contributed by atoms with Gasteiger partial charge in [0.2, 0.25) is 0 Å². The van der Waals surface area contributed by atoms with Crippen molar-refractivity contribution < 1.29 is 9.15 Å². The molecule has 3 aromatic rings. The van der Waals surface area contributed by atoms with E-state index in [4.69, 9.17) is 9.15 Å². The molecule has 1 N–H and O–H groups in total. The normalized spacial score (nSPS) is 17.5. The number of rotatable bonds is 4. The van der Waals surface area contributed by atoms with Crippen molar-refractivity contribution in [2.45, 2.75) is 45.7 Å². The summed E-state index contributed by atoms with van der Waals surface area (Å²) in [5, 5.41) is 13.7. The van der Waals surface area contributed by atoms with Crippen molar-refractivity contribution in [3.8, 4) is 17.0 Å². The highest BCUT2D eigenvalue weighted by Crippen LogP contribution is 2.34. The zero-order valence-electron chi connectivity index (χ0n) is 17.2. The lowest BCUT2D eigenvalue weighted by atomic mass is 10.1. The highest BCUT2D eigenvalue weighted by molar-refractivity contribution is 5.87. The highest BCUT2D eigenvalue weighted by atomic mass is 16.5. The van der Waals surface area contributed by atoms with Gasteiger partial charge in [0.1, 0.15) is 17.1 Å². The molecule has 0 amide bonds. The average molecular weight is 380 g/mol. The van der Waals surface area contributed by atoms with Gasteiger partial charge in [-0.05, 0) is 64.4 Å². The van der Waals surface area contributed by atoms with E-state index in [1.807, 2.05) is 37.3 Å². The van der Waals surface area contributed by atoms with E-state index in [0.717, 1.165) is 59.1 Å². The number of methoxy groups -OCH3 is 1. The van der Waals surface area contributed by atoms with Crippen LogP contribution in [0.5, 0.6) is 5.75 Å². The molecule has 1 aromatic carbocycles. The second-order valence-corrected chi connectivity index (χ2v) is 8.55. The number of fused-ring (bicyclic) bond motifs is 1. The summed E-state index contributed by atoms with van der Waals surface area (Å²) in [6.45, 7) is 10.5. The van der Waals surface area contributed by atoms with Crippen LogP contribution in [0.2, 0.25) is 0 Å². The number of aromatic nitrogens is 2. The van der Waals surface area contributed by atoms with Crippen LogP contribution in [0.4, 0.5) is 5.82 Å². The molecule has 0 aliphatic carbocycles. The molecule has 6 heteroatoms. The molecule has 0 saturated carbocycles. The van der Waals surface area contributed by atoms with Crippen molar-refractivity contribution in [2.24, 2.45) is 0 Å². The van der Waals surface area contributed by atoms with Gasteiger partial charge >= 0.3 is 0 Å². The standard InChI is InChI=1S/C22H28N4O2/c1-14-10-15-11-20(27-5)17(12-19(15)28-14)18-6-7-21(25-24-18)26-9-8-16(13-26)23-22(2,3)4/h6-7,10-12,16,23H,8-9,13H2,1-5H3. The number of furan rings is 1. The minimum Gasteiger partial charge on any atom is -0.496 e. The quantitative estimate of drug-likeness (QED) is 0.733. The number of nitrogens with zero attached hydrogens (tertiary/aromatic N) is 3. The second kappa shape index (κ2) is 7.09. The van der Waals surface area contributed by atoms with E-state index in [2.05, 4.69) is 41.2 Å². The Morgan fingerprint density at radius 2 is 2.00 bits per heavy atom. The molecule has 1 unspecified atom stereocenters. The molecule has 1 atom stereocenters. The van der Waals surface area contributed by atoms with Crippen molar-refractivity contribution in [1.29, 1.82) is 0 Å². The molecule has 0 spiro atoms. The molecule has 1 aliphatic rings. The van der Waals surface area contributed by atoms with E-state index in [0.29, 0.717) is 6.04 Å². The van der Waals surface area contributed by atoms with E-state index in [1.165, 1.54) is 0 Å². The smallest absolute Gasteiger partial charge is 0.151 e. The van der Waals surface area contributed by atoms with Gasteiger partial charge in [0, 0.05) is 35.6 Å². The first kappa shape index (κ1) is 18.7. The van der Waals surface area contributed by atoms with Crippen LogP contribution in [0, 0.1) is 6.92 Å². The molecule has 6 nitrogen and oxygen atoms in total. The Balaban J connectivity index is 1.56. The van der Waals surface area contributed by atoms with E-state index >= 15 is 0 Å². The molecule has 2 aromatic heterocycles. The number of aryl methyl sites for hydroxylation is 1. The maximum Gasteiger partial charge on any atom is 0.151 e. The first-order valence-electron chi connectivity index (χ1n) is 9.77.